The van der Waals surface area contributed by atoms with Gasteiger partial charge >= 0.3 is 0 Å². The summed E-state index contributed by atoms with van der Waals surface area (Å²) in [6, 6.07) is 2.33. The average molecular weight is 257 g/mol. The average Bonchev–Trinajstić information content (AvgIpc) is 2.31. The number of phenols is 1. The van der Waals surface area contributed by atoms with Crippen LogP contribution in [-0.2, 0) is 6.54 Å². The molecule has 0 amide bonds. The number of hydrogen-bond donors (Lipinski definition) is 3. The summed E-state index contributed by atoms with van der Waals surface area (Å²) in [7, 11) is 0. The van der Waals surface area contributed by atoms with Gasteiger partial charge in [0.25, 0.3) is 0 Å². The van der Waals surface area contributed by atoms with Gasteiger partial charge < -0.3 is 15.5 Å². The minimum atomic E-state index is -0.959. The predicted molar refractivity (Wildman–Crippen MR) is 63.1 cm³/mol. The van der Waals surface area contributed by atoms with Gasteiger partial charge in [0.1, 0.15) is 0 Å². The van der Waals surface area contributed by atoms with Crippen LogP contribution < -0.4 is 5.32 Å². The molecular formula is C13H17F2NO2. The van der Waals surface area contributed by atoms with Crippen LogP contribution in [-0.4, -0.2) is 22.4 Å². The number of rotatable bonds is 3. The molecule has 2 atom stereocenters. The minimum absolute atomic E-state index is 0.118. The molecule has 1 fully saturated rings. The largest absolute Gasteiger partial charge is 0.503 e. The van der Waals surface area contributed by atoms with Gasteiger partial charge in [-0.15, -0.1) is 0 Å². The van der Waals surface area contributed by atoms with Crippen molar-refractivity contribution in [2.45, 2.75) is 39.0 Å². The molecule has 1 saturated carbocycles. The Hall–Kier alpha value is -1.20. The third-order valence-corrected chi connectivity index (χ3v) is 3.85. The maximum atomic E-state index is 13.1. The molecule has 3 N–H and O–H groups in total. The summed E-state index contributed by atoms with van der Waals surface area (Å²) in [5.41, 5.74) is 0.202. The Balaban J connectivity index is 2.00. The van der Waals surface area contributed by atoms with Crippen LogP contribution >= 0.6 is 0 Å². The lowest BCUT2D eigenvalue weighted by atomic mass is 9.64. The highest BCUT2D eigenvalue weighted by atomic mass is 19.1. The van der Waals surface area contributed by atoms with Crippen molar-refractivity contribution < 1.29 is 19.0 Å². The summed E-state index contributed by atoms with van der Waals surface area (Å²) in [4.78, 5) is 0. The van der Waals surface area contributed by atoms with Gasteiger partial charge in [0, 0.05) is 18.0 Å². The summed E-state index contributed by atoms with van der Waals surface area (Å²) in [6.07, 6.45) is 0.291. The molecule has 0 radical (unpaired) electrons. The molecular weight excluding hydrogens is 240 g/mol. The van der Waals surface area contributed by atoms with Crippen LogP contribution in [0, 0.1) is 17.0 Å². The van der Waals surface area contributed by atoms with Crippen molar-refractivity contribution in [3.05, 3.63) is 29.3 Å². The molecule has 1 aliphatic carbocycles. The molecule has 1 aromatic rings. The Morgan fingerprint density at radius 2 is 1.89 bits per heavy atom. The van der Waals surface area contributed by atoms with E-state index in [-0.39, 0.29) is 17.6 Å². The predicted octanol–water partition coefficient (Wildman–Crippen LogP) is 1.92. The van der Waals surface area contributed by atoms with E-state index in [0.717, 1.165) is 12.1 Å². The lowest BCUT2D eigenvalue weighted by Crippen LogP contribution is -2.59. The topological polar surface area (TPSA) is 52.5 Å². The number of halogens is 2. The number of nitrogens with one attached hydrogen (secondary N) is 1. The van der Waals surface area contributed by atoms with Crippen LogP contribution in [0.1, 0.15) is 25.8 Å². The van der Waals surface area contributed by atoms with Crippen molar-refractivity contribution in [2.75, 3.05) is 0 Å². The lowest BCUT2D eigenvalue weighted by Gasteiger charge is -2.49. The zero-order valence-electron chi connectivity index (χ0n) is 10.4. The highest BCUT2D eigenvalue weighted by Gasteiger charge is 2.46. The fourth-order valence-electron chi connectivity index (χ4n) is 2.21. The molecule has 0 bridgehead atoms. The van der Waals surface area contributed by atoms with Gasteiger partial charge in [-0.25, -0.2) is 8.78 Å². The molecule has 3 nitrogen and oxygen atoms in total. The first-order valence-electron chi connectivity index (χ1n) is 5.90. The van der Waals surface area contributed by atoms with Gasteiger partial charge in [-0.2, -0.15) is 0 Å². The van der Waals surface area contributed by atoms with E-state index in [0.29, 0.717) is 18.5 Å². The van der Waals surface area contributed by atoms with Gasteiger partial charge in [-0.1, -0.05) is 13.8 Å². The van der Waals surface area contributed by atoms with E-state index in [9.17, 15) is 13.9 Å². The van der Waals surface area contributed by atoms with Crippen molar-refractivity contribution >= 4 is 0 Å². The number of aromatic hydroxyl groups is 1. The number of aliphatic hydroxyl groups is 1. The molecule has 1 aromatic carbocycles. The third kappa shape index (κ3) is 2.20. The molecule has 18 heavy (non-hydrogen) atoms. The minimum Gasteiger partial charge on any atom is -0.503 e. The zero-order valence-corrected chi connectivity index (χ0v) is 10.4. The molecule has 0 spiro atoms. The maximum Gasteiger partial charge on any atom is 0.187 e. The van der Waals surface area contributed by atoms with Gasteiger partial charge in [-0.3, -0.25) is 0 Å². The van der Waals surface area contributed by atoms with Crippen LogP contribution in [0.3, 0.4) is 0 Å². The SMILES string of the molecule is CC1(C)C(O)CC1NCc1cc(F)c(O)c(F)c1. The molecule has 1 aliphatic rings. The second-order valence-corrected chi connectivity index (χ2v) is 5.41. The number of hydrogen-bond acceptors (Lipinski definition) is 3. The van der Waals surface area contributed by atoms with E-state index in [1.807, 2.05) is 13.8 Å². The van der Waals surface area contributed by atoms with Gasteiger partial charge in [0.2, 0.25) is 0 Å². The first-order chi connectivity index (χ1) is 8.32. The Labute approximate surface area is 104 Å². The summed E-state index contributed by atoms with van der Waals surface area (Å²) in [6.45, 7) is 4.18. The molecule has 0 heterocycles. The lowest BCUT2D eigenvalue weighted by molar-refractivity contribution is -0.0730. The molecule has 0 aliphatic heterocycles. The van der Waals surface area contributed by atoms with Crippen molar-refractivity contribution in [1.82, 2.24) is 5.32 Å². The van der Waals surface area contributed by atoms with E-state index in [1.54, 1.807) is 0 Å². The molecule has 5 heteroatoms. The molecule has 2 rings (SSSR count). The summed E-state index contributed by atoms with van der Waals surface area (Å²) < 4.78 is 26.2. The van der Waals surface area contributed by atoms with E-state index in [1.165, 1.54) is 0 Å². The fraction of sp³-hybridized carbons (Fsp3) is 0.538. The van der Waals surface area contributed by atoms with Crippen molar-refractivity contribution in [2.24, 2.45) is 5.41 Å². The quantitative estimate of drug-likeness (QED) is 0.775. The Kier molecular flexibility index (Phi) is 3.29. The van der Waals surface area contributed by atoms with Crippen LogP contribution in [0.25, 0.3) is 0 Å². The van der Waals surface area contributed by atoms with E-state index in [2.05, 4.69) is 5.32 Å². The van der Waals surface area contributed by atoms with E-state index in [4.69, 9.17) is 5.11 Å². The number of phenolic OH excluding ortho intramolecular Hbond substituents is 1. The molecule has 0 saturated heterocycles. The zero-order chi connectivity index (χ0) is 13.5. The van der Waals surface area contributed by atoms with Gasteiger partial charge in [0.05, 0.1) is 6.10 Å². The van der Waals surface area contributed by atoms with Crippen molar-refractivity contribution in [1.29, 1.82) is 0 Å². The smallest absolute Gasteiger partial charge is 0.187 e. The Morgan fingerprint density at radius 1 is 1.33 bits per heavy atom. The normalized spacial score (nSPS) is 25.8. The van der Waals surface area contributed by atoms with Crippen LogP contribution in [0.15, 0.2) is 12.1 Å². The second kappa shape index (κ2) is 4.48. The molecule has 100 valence electrons. The van der Waals surface area contributed by atoms with Crippen molar-refractivity contribution in [3.8, 4) is 5.75 Å². The standard InChI is InChI=1S/C13H17F2NO2/c1-13(2)10(5-11(13)17)16-6-7-3-8(14)12(18)9(15)4-7/h3-4,10-11,16-18H,5-6H2,1-2H3. The maximum absolute atomic E-state index is 13.1. The Bertz CT molecular complexity index is 439. The first kappa shape index (κ1) is 13.2. The molecule has 0 aromatic heterocycles. The highest BCUT2D eigenvalue weighted by Crippen LogP contribution is 2.40. The van der Waals surface area contributed by atoms with Gasteiger partial charge in [0.15, 0.2) is 17.4 Å². The van der Waals surface area contributed by atoms with Crippen molar-refractivity contribution in [3.63, 3.8) is 0 Å². The second-order valence-electron chi connectivity index (χ2n) is 5.41. The Morgan fingerprint density at radius 3 is 2.33 bits per heavy atom. The number of aliphatic hydroxyl groups excluding tert-OH is 1. The fourth-order valence-corrected chi connectivity index (χ4v) is 2.21. The first-order valence-corrected chi connectivity index (χ1v) is 5.90. The van der Waals surface area contributed by atoms with E-state index >= 15 is 0 Å². The summed E-state index contributed by atoms with van der Waals surface area (Å²) in [5.74, 6) is -2.86. The summed E-state index contributed by atoms with van der Waals surface area (Å²) >= 11 is 0. The van der Waals surface area contributed by atoms with Crippen LogP contribution in [0.4, 0.5) is 8.78 Å². The monoisotopic (exact) mass is 257 g/mol. The van der Waals surface area contributed by atoms with Crippen LogP contribution in [0.5, 0.6) is 5.75 Å². The van der Waals surface area contributed by atoms with Gasteiger partial charge in [-0.05, 0) is 24.1 Å². The highest BCUT2D eigenvalue weighted by molar-refractivity contribution is 5.30. The number of benzene rings is 1. The summed E-state index contributed by atoms with van der Waals surface area (Å²) in [5, 5.41) is 21.7. The third-order valence-electron chi connectivity index (χ3n) is 3.85. The van der Waals surface area contributed by atoms with E-state index < -0.39 is 17.4 Å². The molecule has 2 unspecified atom stereocenters. The van der Waals surface area contributed by atoms with Crippen LogP contribution in [0.2, 0.25) is 0 Å².